The number of para-hydroxylation sites is 1. The third-order valence-electron chi connectivity index (χ3n) is 9.73. The van der Waals surface area contributed by atoms with E-state index in [2.05, 4.69) is 46.5 Å². The first-order chi connectivity index (χ1) is 29.4. The molecule has 61 heavy (non-hydrogen) atoms. The first kappa shape index (κ1) is 46.6. The standard InChI is InChI=1S/C41H55N13O7/c42-16-7-6-13-30(36(43)57)51-39(60)33(20-26-22-48-29-12-5-4-11-28(26)29)54-37(58)31(14-8-17-47-41(44)45)52-38(59)32(19-25-9-2-1-3-10-25)53-40(61)34(50-35(56)15-18-55)21-27-23-46-24-49-27/h1-5,9-12,18,22-24,30-34,48H,6-8,13-17,19-21,42H2,(H2,43,57)(H,46,49)(H,50,56)(H,51,60)(H,52,59)(H,53,61)(H,54,58)(H4,44,45,47)/t30-,31-,32+,33-,34-/m0/s1. The summed E-state index contributed by atoms with van der Waals surface area (Å²) in [5.74, 6) is -4.58. The molecule has 0 bridgehead atoms. The average Bonchev–Trinajstić information content (AvgIpc) is 3.91. The van der Waals surface area contributed by atoms with E-state index in [0.717, 1.165) is 10.9 Å². The van der Waals surface area contributed by atoms with Crippen molar-refractivity contribution < 1.29 is 33.6 Å². The number of carbonyl (C=O) groups excluding carboxylic acids is 7. The molecule has 2 aromatic heterocycles. The van der Waals surface area contributed by atoms with Crippen LogP contribution in [0.5, 0.6) is 0 Å². The number of nitrogens with two attached hydrogens (primary N) is 4. The summed E-state index contributed by atoms with van der Waals surface area (Å²) in [4.78, 5) is 106. The van der Waals surface area contributed by atoms with Crippen LogP contribution in [0, 0.1) is 0 Å². The van der Waals surface area contributed by atoms with Crippen LogP contribution in [0.4, 0.5) is 0 Å². The van der Waals surface area contributed by atoms with Crippen LogP contribution >= 0.6 is 0 Å². The van der Waals surface area contributed by atoms with Gasteiger partial charge in [0.1, 0.15) is 36.5 Å². The van der Waals surface area contributed by atoms with Gasteiger partial charge in [-0.05, 0) is 55.8 Å². The Bertz CT molecular complexity index is 2100. The molecule has 2 aromatic carbocycles. The van der Waals surface area contributed by atoms with E-state index in [0.29, 0.717) is 42.5 Å². The molecule has 0 fully saturated rings. The number of aromatic amines is 2. The first-order valence-electron chi connectivity index (χ1n) is 19.9. The predicted molar refractivity (Wildman–Crippen MR) is 227 cm³/mol. The van der Waals surface area contributed by atoms with E-state index < -0.39 is 72.1 Å². The minimum Gasteiger partial charge on any atom is -0.370 e. The van der Waals surface area contributed by atoms with Gasteiger partial charge in [-0.1, -0.05) is 48.5 Å². The summed E-state index contributed by atoms with van der Waals surface area (Å²) in [6.07, 6.45) is 5.97. The van der Waals surface area contributed by atoms with E-state index >= 15 is 0 Å². The summed E-state index contributed by atoms with van der Waals surface area (Å²) < 4.78 is 0. The molecule has 0 aliphatic heterocycles. The average molecular weight is 842 g/mol. The fraction of sp³-hybridized carbons (Fsp3) is 0.390. The number of hydrogen-bond donors (Lipinski definition) is 11. The zero-order chi connectivity index (χ0) is 44.1. The molecule has 0 saturated heterocycles. The van der Waals surface area contributed by atoms with Crippen molar-refractivity contribution in [3.8, 4) is 0 Å². The van der Waals surface area contributed by atoms with Gasteiger partial charge in [-0.15, -0.1) is 0 Å². The van der Waals surface area contributed by atoms with Crippen molar-refractivity contribution in [2.75, 3.05) is 13.1 Å². The van der Waals surface area contributed by atoms with Crippen molar-refractivity contribution in [3.05, 3.63) is 90.1 Å². The number of primary amides is 1. The number of amides is 6. The number of imidazole rings is 1. The monoisotopic (exact) mass is 841 g/mol. The Kier molecular flexibility index (Phi) is 18.4. The Morgan fingerprint density at radius 1 is 0.689 bits per heavy atom. The van der Waals surface area contributed by atoms with Gasteiger partial charge in [0.05, 0.1) is 12.7 Å². The van der Waals surface area contributed by atoms with Gasteiger partial charge in [0, 0.05) is 54.8 Å². The molecule has 20 nitrogen and oxygen atoms in total. The highest BCUT2D eigenvalue weighted by atomic mass is 16.2. The summed E-state index contributed by atoms with van der Waals surface area (Å²) in [5, 5.41) is 14.3. The molecule has 4 aromatic rings. The SMILES string of the molecule is NCCCC[C@H](NC(=O)[C@H](Cc1c[nH]c2ccccc12)NC(=O)[C@H](CCCN=C(N)N)NC(=O)[C@@H](Cc1ccccc1)NC(=O)[C@H](Cc1cnc[nH]1)NC(=O)CC=O)C(N)=O. The van der Waals surface area contributed by atoms with Crippen LogP contribution in [0.25, 0.3) is 10.9 Å². The highest BCUT2D eigenvalue weighted by molar-refractivity contribution is 5.97. The van der Waals surface area contributed by atoms with Gasteiger partial charge < -0.3 is 64.3 Å². The molecule has 4 rings (SSSR count). The first-order valence-corrected chi connectivity index (χ1v) is 19.9. The lowest BCUT2D eigenvalue weighted by atomic mass is 10.0. The molecule has 0 aliphatic rings. The summed E-state index contributed by atoms with van der Waals surface area (Å²) in [6, 6.07) is 10.1. The highest BCUT2D eigenvalue weighted by Crippen LogP contribution is 2.20. The van der Waals surface area contributed by atoms with Gasteiger partial charge in [-0.25, -0.2) is 4.98 Å². The Balaban J connectivity index is 1.64. The molecule has 0 aliphatic carbocycles. The Morgan fingerprint density at radius 2 is 1.30 bits per heavy atom. The number of hydrogen-bond acceptors (Lipinski definition) is 10. The number of unbranched alkanes of at least 4 members (excludes halogenated alkanes) is 1. The van der Waals surface area contributed by atoms with Crippen molar-refractivity contribution >= 4 is 58.6 Å². The molecular formula is C41H55N13O7. The summed E-state index contributed by atoms with van der Waals surface area (Å²) in [5.41, 5.74) is 25.0. The number of aliphatic imine (C=N–C) groups is 1. The van der Waals surface area contributed by atoms with Crippen LogP contribution in [0.1, 0.15) is 55.3 Å². The Hall–Kier alpha value is -7.09. The quantitative estimate of drug-likeness (QED) is 0.0115. The van der Waals surface area contributed by atoms with Gasteiger partial charge in [-0.2, -0.15) is 0 Å². The van der Waals surface area contributed by atoms with Crippen molar-refractivity contribution in [1.82, 2.24) is 41.5 Å². The topological polar surface area (TPSA) is 341 Å². The molecule has 326 valence electrons. The van der Waals surface area contributed by atoms with Crippen molar-refractivity contribution in [2.45, 2.75) is 88.0 Å². The Morgan fingerprint density at radius 3 is 1.93 bits per heavy atom. The number of H-pyrrole nitrogens is 2. The number of nitrogens with one attached hydrogen (secondary N) is 7. The molecule has 2 heterocycles. The van der Waals surface area contributed by atoms with Crippen LogP contribution in [0.3, 0.4) is 0 Å². The second-order valence-corrected chi connectivity index (χ2v) is 14.4. The maximum absolute atomic E-state index is 14.3. The maximum Gasteiger partial charge on any atom is 0.243 e. The van der Waals surface area contributed by atoms with Crippen LogP contribution in [-0.4, -0.2) is 106 Å². The second-order valence-electron chi connectivity index (χ2n) is 14.4. The lowest BCUT2D eigenvalue weighted by Gasteiger charge is -2.27. The van der Waals surface area contributed by atoms with Gasteiger partial charge in [0.25, 0.3) is 0 Å². The smallest absolute Gasteiger partial charge is 0.243 e. The lowest BCUT2D eigenvalue weighted by Crippen LogP contribution is -2.60. The third-order valence-corrected chi connectivity index (χ3v) is 9.73. The molecule has 0 radical (unpaired) electrons. The lowest BCUT2D eigenvalue weighted by molar-refractivity contribution is -0.135. The minimum atomic E-state index is -1.29. The molecule has 0 spiro atoms. The largest absolute Gasteiger partial charge is 0.370 e. The molecule has 20 heteroatoms. The van der Waals surface area contributed by atoms with Crippen LogP contribution in [0.2, 0.25) is 0 Å². The third kappa shape index (κ3) is 15.2. The summed E-state index contributed by atoms with van der Waals surface area (Å²) in [7, 11) is 0. The fourth-order valence-corrected chi connectivity index (χ4v) is 6.58. The number of carbonyl (C=O) groups is 7. The van der Waals surface area contributed by atoms with Crippen LogP contribution in [-0.2, 0) is 52.8 Å². The van der Waals surface area contributed by atoms with E-state index in [1.54, 1.807) is 36.5 Å². The number of guanidine groups is 1. The fourth-order valence-electron chi connectivity index (χ4n) is 6.58. The van der Waals surface area contributed by atoms with Gasteiger partial charge in [0.15, 0.2) is 5.96 Å². The van der Waals surface area contributed by atoms with Crippen LogP contribution in [0.15, 0.2) is 78.3 Å². The zero-order valence-corrected chi connectivity index (χ0v) is 33.7. The van der Waals surface area contributed by atoms with Gasteiger partial charge >= 0.3 is 0 Å². The van der Waals surface area contributed by atoms with E-state index in [4.69, 9.17) is 22.9 Å². The molecule has 0 saturated carbocycles. The van der Waals surface area contributed by atoms with E-state index in [-0.39, 0.29) is 51.0 Å². The number of aromatic nitrogens is 3. The number of fused-ring (bicyclic) bond motifs is 1. The number of nitrogens with zero attached hydrogens (tertiary/aromatic N) is 2. The second kappa shape index (κ2) is 24.1. The van der Waals surface area contributed by atoms with Crippen molar-refractivity contribution in [1.29, 1.82) is 0 Å². The molecule has 6 amide bonds. The van der Waals surface area contributed by atoms with Crippen LogP contribution < -0.4 is 49.5 Å². The van der Waals surface area contributed by atoms with E-state index in [9.17, 15) is 33.6 Å². The van der Waals surface area contributed by atoms with Gasteiger partial charge in [0.2, 0.25) is 35.4 Å². The molecular weight excluding hydrogens is 787 g/mol. The molecule has 5 atom stereocenters. The normalized spacial score (nSPS) is 13.4. The van der Waals surface area contributed by atoms with E-state index in [1.165, 1.54) is 12.5 Å². The number of rotatable bonds is 26. The van der Waals surface area contributed by atoms with Crippen molar-refractivity contribution in [3.63, 3.8) is 0 Å². The number of benzene rings is 2. The van der Waals surface area contributed by atoms with Crippen molar-refractivity contribution in [2.24, 2.45) is 27.9 Å². The summed E-state index contributed by atoms with van der Waals surface area (Å²) >= 11 is 0. The van der Waals surface area contributed by atoms with E-state index in [1.807, 2.05) is 24.3 Å². The molecule has 0 unspecified atom stereocenters. The van der Waals surface area contributed by atoms with Gasteiger partial charge in [-0.3, -0.25) is 33.8 Å². The maximum atomic E-state index is 14.3. The minimum absolute atomic E-state index is 0.00498. The predicted octanol–water partition coefficient (Wildman–Crippen LogP) is -1.40. The zero-order valence-electron chi connectivity index (χ0n) is 33.7. The number of aldehydes is 1. The highest BCUT2D eigenvalue weighted by Gasteiger charge is 2.33. The summed E-state index contributed by atoms with van der Waals surface area (Å²) in [6.45, 7) is 0.485. The molecule has 15 N–H and O–H groups in total. The Labute approximate surface area is 352 Å².